The van der Waals surface area contributed by atoms with Crippen LogP contribution in [0, 0.1) is 17.5 Å². The zero-order valence-corrected chi connectivity index (χ0v) is 11.1. The third-order valence-electron chi connectivity index (χ3n) is 3.20. The average Bonchev–Trinajstić information content (AvgIpc) is 2.71. The fourth-order valence-corrected chi connectivity index (χ4v) is 3.36. The van der Waals surface area contributed by atoms with Crippen molar-refractivity contribution in [3.8, 4) is 0 Å². The van der Waals surface area contributed by atoms with E-state index in [9.17, 15) is 13.2 Å². The van der Waals surface area contributed by atoms with Crippen molar-refractivity contribution in [1.29, 1.82) is 0 Å². The molecule has 1 aliphatic carbocycles. The van der Waals surface area contributed by atoms with E-state index in [4.69, 9.17) is 17.3 Å². The Bertz CT molecular complexity index is 443. The minimum atomic E-state index is -1.38. The van der Waals surface area contributed by atoms with Gasteiger partial charge in [-0.15, -0.1) is 0 Å². The van der Waals surface area contributed by atoms with Gasteiger partial charge in [0.1, 0.15) is 5.02 Å². The Balaban J connectivity index is 2.69. The maximum atomic E-state index is 13.9. The Hall–Kier alpha value is -0.260. The molecule has 0 aromatic heterocycles. The maximum absolute atomic E-state index is 13.9. The van der Waals surface area contributed by atoms with Crippen molar-refractivity contribution in [2.75, 3.05) is 0 Å². The molecule has 0 atom stereocenters. The topological polar surface area (TPSA) is 26.0 Å². The van der Waals surface area contributed by atoms with Crippen molar-refractivity contribution < 1.29 is 13.2 Å². The SMILES string of the molecule is NC1(c2c(F)c(F)c(Cl)c(F)c2Br)CCCC1. The molecule has 0 aliphatic heterocycles. The monoisotopic (exact) mass is 327 g/mol. The van der Waals surface area contributed by atoms with Crippen molar-refractivity contribution in [2.24, 2.45) is 5.73 Å². The van der Waals surface area contributed by atoms with E-state index in [1.54, 1.807) is 0 Å². The van der Waals surface area contributed by atoms with Crippen LogP contribution in [0.1, 0.15) is 31.2 Å². The van der Waals surface area contributed by atoms with Gasteiger partial charge < -0.3 is 5.73 Å². The second kappa shape index (κ2) is 4.44. The van der Waals surface area contributed by atoms with E-state index in [1.807, 2.05) is 0 Å². The molecule has 1 nitrogen and oxygen atoms in total. The van der Waals surface area contributed by atoms with Crippen LogP contribution in [-0.4, -0.2) is 0 Å². The normalized spacial score (nSPS) is 18.7. The minimum Gasteiger partial charge on any atom is -0.321 e. The third-order valence-corrected chi connectivity index (χ3v) is 4.28. The van der Waals surface area contributed by atoms with Crippen LogP contribution in [0.3, 0.4) is 0 Å². The smallest absolute Gasteiger partial charge is 0.180 e. The van der Waals surface area contributed by atoms with Gasteiger partial charge in [-0.2, -0.15) is 0 Å². The fraction of sp³-hybridized carbons (Fsp3) is 0.455. The predicted molar refractivity (Wildman–Crippen MR) is 63.4 cm³/mol. The Morgan fingerprint density at radius 1 is 1.06 bits per heavy atom. The zero-order chi connectivity index (χ0) is 12.8. The molecule has 0 unspecified atom stereocenters. The van der Waals surface area contributed by atoms with Crippen LogP contribution in [0.5, 0.6) is 0 Å². The van der Waals surface area contributed by atoms with Crippen LogP contribution in [0.2, 0.25) is 5.02 Å². The number of hydrogen-bond donors (Lipinski definition) is 1. The molecule has 0 radical (unpaired) electrons. The number of nitrogens with two attached hydrogens (primary N) is 1. The number of rotatable bonds is 1. The van der Waals surface area contributed by atoms with Gasteiger partial charge in [0.05, 0.1) is 4.47 Å². The lowest BCUT2D eigenvalue weighted by Crippen LogP contribution is -2.35. The van der Waals surface area contributed by atoms with Gasteiger partial charge in [0.25, 0.3) is 0 Å². The lowest BCUT2D eigenvalue weighted by atomic mass is 9.88. The van der Waals surface area contributed by atoms with E-state index in [0.717, 1.165) is 12.8 Å². The van der Waals surface area contributed by atoms with E-state index in [0.29, 0.717) is 12.8 Å². The third kappa shape index (κ3) is 1.98. The summed E-state index contributed by atoms with van der Waals surface area (Å²) < 4.78 is 40.7. The van der Waals surface area contributed by atoms with E-state index < -0.39 is 28.0 Å². The summed E-state index contributed by atoms with van der Waals surface area (Å²) in [6, 6.07) is 0. The Kier molecular flexibility index (Phi) is 3.45. The van der Waals surface area contributed by atoms with Crippen LogP contribution in [0.4, 0.5) is 13.2 Å². The summed E-state index contributed by atoms with van der Waals surface area (Å²) in [7, 11) is 0. The van der Waals surface area contributed by atoms with Gasteiger partial charge in [-0.25, -0.2) is 13.2 Å². The van der Waals surface area contributed by atoms with Gasteiger partial charge in [-0.3, -0.25) is 0 Å². The average molecular weight is 329 g/mol. The molecule has 1 aliphatic rings. The predicted octanol–water partition coefficient (Wildman–Crippen LogP) is 4.25. The lowest BCUT2D eigenvalue weighted by Gasteiger charge is -2.26. The van der Waals surface area contributed by atoms with Gasteiger partial charge in [-0.05, 0) is 28.8 Å². The summed E-state index contributed by atoms with van der Waals surface area (Å²) in [5.41, 5.74) is 4.86. The molecule has 2 N–H and O–H groups in total. The van der Waals surface area contributed by atoms with Gasteiger partial charge in [0.2, 0.25) is 0 Å². The van der Waals surface area contributed by atoms with Crippen LogP contribution >= 0.6 is 27.5 Å². The van der Waals surface area contributed by atoms with Crippen molar-refractivity contribution >= 4 is 27.5 Å². The molecule has 2 rings (SSSR count). The minimum absolute atomic E-state index is 0.144. The first kappa shape index (κ1) is 13.2. The molecule has 0 amide bonds. The van der Waals surface area contributed by atoms with Crippen LogP contribution in [0.25, 0.3) is 0 Å². The van der Waals surface area contributed by atoms with Crippen LogP contribution in [-0.2, 0) is 5.54 Å². The van der Waals surface area contributed by atoms with E-state index in [-0.39, 0.29) is 10.0 Å². The molecule has 94 valence electrons. The summed E-state index contributed by atoms with van der Waals surface area (Å²) in [5.74, 6) is -3.54. The van der Waals surface area contributed by atoms with E-state index in [2.05, 4.69) is 15.9 Å². The summed E-state index contributed by atoms with van der Waals surface area (Å²) in [4.78, 5) is 0. The first-order valence-electron chi connectivity index (χ1n) is 5.19. The Morgan fingerprint density at radius 2 is 1.59 bits per heavy atom. The second-order valence-corrected chi connectivity index (χ2v) is 5.48. The summed E-state index contributed by atoms with van der Waals surface area (Å²) in [6.45, 7) is 0. The van der Waals surface area contributed by atoms with Crippen LogP contribution in [0.15, 0.2) is 4.47 Å². The quantitative estimate of drug-likeness (QED) is 0.605. The highest BCUT2D eigenvalue weighted by Gasteiger charge is 2.38. The molecule has 1 aromatic rings. The largest absolute Gasteiger partial charge is 0.321 e. The van der Waals surface area contributed by atoms with Crippen molar-refractivity contribution in [3.63, 3.8) is 0 Å². The zero-order valence-electron chi connectivity index (χ0n) is 8.80. The highest BCUT2D eigenvalue weighted by Crippen LogP contribution is 2.44. The van der Waals surface area contributed by atoms with Crippen molar-refractivity contribution in [2.45, 2.75) is 31.2 Å². The fourth-order valence-electron chi connectivity index (χ4n) is 2.30. The molecule has 1 aromatic carbocycles. The Morgan fingerprint density at radius 3 is 2.12 bits per heavy atom. The molecular weight excluding hydrogens is 318 g/mol. The number of benzene rings is 1. The van der Waals surface area contributed by atoms with E-state index in [1.165, 1.54) is 0 Å². The van der Waals surface area contributed by atoms with Gasteiger partial charge in [0, 0.05) is 11.1 Å². The number of halogens is 5. The van der Waals surface area contributed by atoms with Crippen LogP contribution < -0.4 is 5.73 Å². The summed E-state index contributed by atoms with van der Waals surface area (Å²) in [5, 5.41) is -0.847. The molecule has 0 saturated heterocycles. The van der Waals surface area contributed by atoms with Crippen molar-refractivity contribution in [1.82, 2.24) is 0 Å². The molecule has 17 heavy (non-hydrogen) atoms. The van der Waals surface area contributed by atoms with Crippen molar-refractivity contribution in [3.05, 3.63) is 32.5 Å². The van der Waals surface area contributed by atoms with Gasteiger partial charge in [0.15, 0.2) is 17.5 Å². The lowest BCUT2D eigenvalue weighted by molar-refractivity contribution is 0.402. The summed E-state index contributed by atoms with van der Waals surface area (Å²) in [6.07, 6.45) is 2.63. The highest BCUT2D eigenvalue weighted by molar-refractivity contribution is 9.10. The number of hydrogen-bond acceptors (Lipinski definition) is 1. The first-order chi connectivity index (χ1) is 7.88. The molecule has 1 saturated carbocycles. The second-order valence-electron chi connectivity index (χ2n) is 4.31. The van der Waals surface area contributed by atoms with Gasteiger partial charge in [-0.1, -0.05) is 24.4 Å². The molecule has 0 spiro atoms. The summed E-state index contributed by atoms with van der Waals surface area (Å²) >= 11 is 8.27. The van der Waals surface area contributed by atoms with Gasteiger partial charge >= 0.3 is 0 Å². The molecular formula is C11H10BrClF3N. The molecule has 0 bridgehead atoms. The maximum Gasteiger partial charge on any atom is 0.180 e. The molecule has 6 heteroatoms. The highest BCUT2D eigenvalue weighted by atomic mass is 79.9. The molecule has 0 heterocycles. The standard InChI is InChI=1S/C11H10BrClF3N/c12-6-5(11(17)3-1-2-4-11)8(14)10(16)7(13)9(6)15/h1-4,17H2. The molecule has 1 fully saturated rings. The Labute approximate surface area is 110 Å². The first-order valence-corrected chi connectivity index (χ1v) is 6.36. The van der Waals surface area contributed by atoms with E-state index >= 15 is 0 Å².